The first-order valence-electron chi connectivity index (χ1n) is 6.65. The lowest BCUT2D eigenvalue weighted by Gasteiger charge is -2.06. The van der Waals surface area contributed by atoms with Gasteiger partial charge in [0.15, 0.2) is 11.3 Å². The van der Waals surface area contributed by atoms with Gasteiger partial charge in [-0.25, -0.2) is 24.3 Å². The van der Waals surface area contributed by atoms with Gasteiger partial charge in [-0.15, -0.1) is 0 Å². The van der Waals surface area contributed by atoms with Gasteiger partial charge in [-0.1, -0.05) is 6.07 Å². The van der Waals surface area contributed by atoms with E-state index in [2.05, 4.69) is 30.1 Å². The Hall–Kier alpha value is -3.36. The second-order valence-corrected chi connectivity index (χ2v) is 4.51. The molecule has 0 aliphatic heterocycles. The fourth-order valence-electron chi connectivity index (χ4n) is 1.95. The lowest BCUT2D eigenvalue weighted by atomic mass is 10.3. The number of hydrogen-bond donors (Lipinski definition) is 1. The van der Waals surface area contributed by atoms with E-state index in [1.165, 1.54) is 25.8 Å². The number of hydrogen-bond acceptors (Lipinski definition) is 7. The van der Waals surface area contributed by atoms with Crippen molar-refractivity contribution in [2.24, 2.45) is 0 Å². The van der Waals surface area contributed by atoms with Crippen LogP contribution in [0, 0.1) is 0 Å². The van der Waals surface area contributed by atoms with Crippen LogP contribution in [0.15, 0.2) is 36.9 Å². The summed E-state index contributed by atoms with van der Waals surface area (Å²) in [6.45, 7) is 0.250. The standard InChI is InChI=1S/C14H12N6O3/c1-23-14(22)11-7-15-10(6-16-11)13(21)17-5-9-3-2-4-12-18-8-19-20(9)12/h2-4,6-8H,5H2,1H3,(H,17,21). The maximum Gasteiger partial charge on any atom is 0.358 e. The van der Waals surface area contributed by atoms with Crippen molar-refractivity contribution in [2.75, 3.05) is 7.11 Å². The van der Waals surface area contributed by atoms with Crippen LogP contribution in [0.5, 0.6) is 0 Å². The van der Waals surface area contributed by atoms with E-state index in [1.54, 1.807) is 4.52 Å². The van der Waals surface area contributed by atoms with E-state index in [1.807, 2.05) is 18.2 Å². The Morgan fingerprint density at radius 1 is 1.17 bits per heavy atom. The molecular weight excluding hydrogens is 300 g/mol. The van der Waals surface area contributed by atoms with E-state index in [0.717, 1.165) is 5.69 Å². The number of carbonyl (C=O) groups is 2. The van der Waals surface area contributed by atoms with E-state index >= 15 is 0 Å². The fraction of sp³-hybridized carbons (Fsp3) is 0.143. The molecule has 1 amide bonds. The maximum atomic E-state index is 12.1. The zero-order valence-corrected chi connectivity index (χ0v) is 12.1. The minimum absolute atomic E-state index is 0.0384. The van der Waals surface area contributed by atoms with Crippen LogP contribution < -0.4 is 5.32 Å². The highest BCUT2D eigenvalue weighted by Crippen LogP contribution is 2.04. The van der Waals surface area contributed by atoms with Crippen LogP contribution in [0.4, 0.5) is 0 Å². The molecule has 0 aliphatic carbocycles. The highest BCUT2D eigenvalue weighted by molar-refractivity contribution is 5.92. The average Bonchev–Trinajstić information content (AvgIpc) is 3.08. The summed E-state index contributed by atoms with van der Waals surface area (Å²) in [5.74, 6) is -1.02. The molecule has 0 aromatic carbocycles. The number of methoxy groups -OCH3 is 1. The van der Waals surface area contributed by atoms with Crippen LogP contribution in [-0.4, -0.2) is 43.6 Å². The van der Waals surface area contributed by atoms with E-state index in [9.17, 15) is 9.59 Å². The molecule has 0 radical (unpaired) electrons. The third kappa shape index (κ3) is 2.98. The van der Waals surface area contributed by atoms with Crippen LogP contribution in [0.1, 0.15) is 26.7 Å². The smallest absolute Gasteiger partial charge is 0.358 e. The van der Waals surface area contributed by atoms with Crippen LogP contribution in [-0.2, 0) is 11.3 Å². The second kappa shape index (κ2) is 6.18. The summed E-state index contributed by atoms with van der Waals surface area (Å²) >= 11 is 0. The summed E-state index contributed by atoms with van der Waals surface area (Å²) in [6, 6.07) is 5.47. The first-order chi connectivity index (χ1) is 11.2. The normalized spacial score (nSPS) is 10.5. The summed E-state index contributed by atoms with van der Waals surface area (Å²) in [6.07, 6.45) is 3.86. The van der Waals surface area contributed by atoms with Gasteiger partial charge in [-0.05, 0) is 12.1 Å². The van der Waals surface area contributed by atoms with Crippen molar-refractivity contribution in [1.29, 1.82) is 0 Å². The molecule has 3 rings (SSSR count). The van der Waals surface area contributed by atoms with Gasteiger partial charge >= 0.3 is 5.97 Å². The third-order valence-corrected chi connectivity index (χ3v) is 3.09. The Morgan fingerprint density at radius 2 is 1.96 bits per heavy atom. The molecule has 3 aromatic rings. The van der Waals surface area contributed by atoms with Crippen LogP contribution in [0.2, 0.25) is 0 Å². The highest BCUT2D eigenvalue weighted by Gasteiger charge is 2.12. The van der Waals surface area contributed by atoms with Crippen molar-refractivity contribution in [2.45, 2.75) is 6.54 Å². The Bertz CT molecular complexity index is 858. The predicted molar refractivity (Wildman–Crippen MR) is 77.5 cm³/mol. The number of esters is 1. The molecule has 116 valence electrons. The molecule has 0 saturated carbocycles. The Morgan fingerprint density at radius 3 is 2.70 bits per heavy atom. The van der Waals surface area contributed by atoms with Crippen molar-refractivity contribution in [3.8, 4) is 0 Å². The number of fused-ring (bicyclic) bond motifs is 1. The van der Waals surface area contributed by atoms with E-state index in [-0.39, 0.29) is 17.9 Å². The summed E-state index contributed by atoms with van der Waals surface area (Å²) in [5.41, 5.74) is 1.60. The van der Waals surface area contributed by atoms with Crippen LogP contribution in [0.25, 0.3) is 5.65 Å². The van der Waals surface area contributed by atoms with Crippen molar-refractivity contribution in [3.63, 3.8) is 0 Å². The monoisotopic (exact) mass is 312 g/mol. The van der Waals surface area contributed by atoms with Crippen molar-refractivity contribution >= 4 is 17.5 Å². The minimum atomic E-state index is -0.609. The van der Waals surface area contributed by atoms with Gasteiger partial charge in [0.25, 0.3) is 5.91 Å². The number of nitrogens with zero attached hydrogens (tertiary/aromatic N) is 5. The van der Waals surface area contributed by atoms with Crippen molar-refractivity contribution in [3.05, 3.63) is 54.0 Å². The molecule has 9 heteroatoms. The number of aromatic nitrogens is 5. The van der Waals surface area contributed by atoms with Crippen molar-refractivity contribution in [1.82, 2.24) is 29.9 Å². The molecule has 0 aliphatic rings. The van der Waals surface area contributed by atoms with Gasteiger partial charge in [-0.2, -0.15) is 5.10 Å². The van der Waals surface area contributed by atoms with Crippen molar-refractivity contribution < 1.29 is 14.3 Å². The first kappa shape index (κ1) is 14.6. The molecule has 0 spiro atoms. The van der Waals surface area contributed by atoms with Crippen LogP contribution >= 0.6 is 0 Å². The predicted octanol–water partition coefficient (Wildman–Crippen LogP) is 0.236. The molecule has 0 saturated heterocycles. The van der Waals surface area contributed by atoms with E-state index < -0.39 is 11.9 Å². The average molecular weight is 312 g/mol. The third-order valence-electron chi connectivity index (χ3n) is 3.09. The molecule has 3 heterocycles. The molecule has 0 atom stereocenters. The molecular formula is C14H12N6O3. The summed E-state index contributed by atoms with van der Waals surface area (Å²) in [5, 5.41) is 6.80. The van der Waals surface area contributed by atoms with Crippen LogP contribution in [0.3, 0.4) is 0 Å². The number of ether oxygens (including phenoxy) is 1. The van der Waals surface area contributed by atoms with Gasteiger partial charge in [-0.3, -0.25) is 4.79 Å². The van der Waals surface area contributed by atoms with E-state index in [0.29, 0.717) is 5.65 Å². The zero-order chi connectivity index (χ0) is 16.2. The maximum absolute atomic E-state index is 12.1. The van der Waals surface area contributed by atoms with E-state index in [4.69, 9.17) is 0 Å². The quantitative estimate of drug-likeness (QED) is 0.687. The Balaban J connectivity index is 1.70. The van der Waals surface area contributed by atoms with Gasteiger partial charge in [0.05, 0.1) is 31.7 Å². The zero-order valence-electron chi connectivity index (χ0n) is 12.1. The second-order valence-electron chi connectivity index (χ2n) is 4.51. The lowest BCUT2D eigenvalue weighted by Crippen LogP contribution is -2.25. The molecule has 1 N–H and O–H groups in total. The molecule has 0 fully saturated rings. The largest absolute Gasteiger partial charge is 0.464 e. The molecule has 23 heavy (non-hydrogen) atoms. The highest BCUT2D eigenvalue weighted by atomic mass is 16.5. The Kier molecular flexibility index (Phi) is 3.91. The fourth-order valence-corrected chi connectivity index (χ4v) is 1.95. The molecule has 3 aromatic heterocycles. The number of rotatable bonds is 4. The summed E-state index contributed by atoms with van der Waals surface area (Å²) < 4.78 is 6.15. The number of amides is 1. The van der Waals surface area contributed by atoms with Gasteiger partial charge in [0, 0.05) is 0 Å². The topological polar surface area (TPSA) is 111 Å². The SMILES string of the molecule is COC(=O)c1cnc(C(=O)NCc2cccc3ncnn23)cn1. The number of carbonyl (C=O) groups excluding carboxylic acids is 2. The summed E-state index contributed by atoms with van der Waals surface area (Å²) in [4.78, 5) is 35.1. The lowest BCUT2D eigenvalue weighted by molar-refractivity contribution is 0.0593. The first-order valence-corrected chi connectivity index (χ1v) is 6.65. The molecule has 0 bridgehead atoms. The number of pyridine rings is 1. The van der Waals surface area contributed by atoms with Gasteiger partial charge < -0.3 is 10.1 Å². The Labute approximate surface area is 130 Å². The number of nitrogens with one attached hydrogen (secondary N) is 1. The van der Waals surface area contributed by atoms with Gasteiger partial charge in [0.1, 0.15) is 12.0 Å². The summed E-state index contributed by atoms with van der Waals surface area (Å²) in [7, 11) is 1.25. The molecule has 9 nitrogen and oxygen atoms in total. The minimum Gasteiger partial charge on any atom is -0.464 e. The molecule has 0 unspecified atom stereocenters. The van der Waals surface area contributed by atoms with Gasteiger partial charge in [0.2, 0.25) is 0 Å².